The minimum absolute atomic E-state index is 0.295. The minimum atomic E-state index is 0.295. The molecule has 2 rings (SSSR count). The largest absolute Gasteiger partial charge is 0.368 e. The molecule has 1 aliphatic heterocycles. The lowest BCUT2D eigenvalue weighted by atomic mass is 10.5. The lowest BCUT2D eigenvalue weighted by Gasteiger charge is -2.25. The van der Waals surface area contributed by atoms with Gasteiger partial charge in [-0.05, 0) is 0 Å². The van der Waals surface area contributed by atoms with Crippen molar-refractivity contribution in [2.75, 3.05) is 35.2 Å². The molecule has 0 unspecified atom stereocenters. The maximum absolute atomic E-state index is 5.47. The lowest BCUT2D eigenvalue weighted by Crippen LogP contribution is -2.34. The number of nitrogen functional groups attached to an aromatic ring is 1. The highest BCUT2D eigenvalue weighted by molar-refractivity contribution is 7.99. The summed E-state index contributed by atoms with van der Waals surface area (Å²) in [6.07, 6.45) is 1.46. The van der Waals surface area contributed by atoms with Crippen LogP contribution in [0.5, 0.6) is 0 Å². The van der Waals surface area contributed by atoms with Gasteiger partial charge < -0.3 is 10.6 Å². The van der Waals surface area contributed by atoms with Crippen LogP contribution in [0.3, 0.4) is 0 Å². The van der Waals surface area contributed by atoms with E-state index in [-0.39, 0.29) is 0 Å². The van der Waals surface area contributed by atoms with Gasteiger partial charge in [-0.15, -0.1) is 0 Å². The lowest BCUT2D eigenvalue weighted by molar-refractivity contribution is 0.809. The Balaban J connectivity index is 2.14. The van der Waals surface area contributed by atoms with E-state index in [0.29, 0.717) is 11.9 Å². The van der Waals surface area contributed by atoms with Crippen LogP contribution in [0.2, 0.25) is 0 Å². The zero-order valence-corrected chi connectivity index (χ0v) is 8.00. The highest BCUT2D eigenvalue weighted by atomic mass is 32.2. The number of hydrogen-bond acceptors (Lipinski definition) is 6. The molecule has 1 aliphatic rings. The Morgan fingerprint density at radius 3 is 2.77 bits per heavy atom. The Morgan fingerprint density at radius 2 is 2.08 bits per heavy atom. The first-order valence-electron chi connectivity index (χ1n) is 4.13. The van der Waals surface area contributed by atoms with Crippen molar-refractivity contribution in [2.45, 2.75) is 0 Å². The standard InChI is InChI=1S/C7H11N5S/c8-6-9-5-10-7(11-6)12-1-3-13-4-2-12/h5H,1-4H2,(H2,8,9,10,11). The summed E-state index contributed by atoms with van der Waals surface area (Å²) in [4.78, 5) is 14.0. The molecule has 0 aromatic carbocycles. The normalized spacial score (nSPS) is 17.4. The van der Waals surface area contributed by atoms with Crippen molar-refractivity contribution in [3.8, 4) is 0 Å². The van der Waals surface area contributed by atoms with Gasteiger partial charge in [0.25, 0.3) is 0 Å². The van der Waals surface area contributed by atoms with E-state index in [2.05, 4.69) is 19.9 Å². The van der Waals surface area contributed by atoms with Crippen LogP contribution in [-0.4, -0.2) is 39.5 Å². The van der Waals surface area contributed by atoms with Crippen LogP contribution in [0.25, 0.3) is 0 Å². The van der Waals surface area contributed by atoms with Gasteiger partial charge in [0.15, 0.2) is 0 Å². The molecule has 2 heterocycles. The fraction of sp³-hybridized carbons (Fsp3) is 0.571. The summed E-state index contributed by atoms with van der Waals surface area (Å²) in [5, 5.41) is 0. The summed E-state index contributed by atoms with van der Waals surface area (Å²) >= 11 is 1.95. The Kier molecular flexibility index (Phi) is 2.49. The molecule has 0 amide bonds. The third-order valence-electron chi connectivity index (χ3n) is 1.87. The van der Waals surface area contributed by atoms with Crippen LogP contribution in [0.4, 0.5) is 11.9 Å². The van der Waals surface area contributed by atoms with Gasteiger partial charge in [-0.2, -0.15) is 16.7 Å². The summed E-state index contributed by atoms with van der Waals surface area (Å²) in [6.45, 7) is 1.99. The average molecular weight is 197 g/mol. The van der Waals surface area contributed by atoms with Gasteiger partial charge in [0, 0.05) is 24.6 Å². The van der Waals surface area contributed by atoms with Crippen molar-refractivity contribution in [2.24, 2.45) is 0 Å². The Hall–Kier alpha value is -1.04. The highest BCUT2D eigenvalue weighted by Gasteiger charge is 2.13. The van der Waals surface area contributed by atoms with Crippen molar-refractivity contribution >= 4 is 23.7 Å². The molecule has 0 aliphatic carbocycles. The van der Waals surface area contributed by atoms with Crippen LogP contribution in [0, 0.1) is 0 Å². The van der Waals surface area contributed by atoms with Crippen molar-refractivity contribution < 1.29 is 0 Å². The van der Waals surface area contributed by atoms with Crippen LogP contribution < -0.4 is 10.6 Å². The van der Waals surface area contributed by atoms with E-state index in [1.165, 1.54) is 6.33 Å². The summed E-state index contributed by atoms with van der Waals surface area (Å²) in [7, 11) is 0. The number of rotatable bonds is 1. The molecule has 13 heavy (non-hydrogen) atoms. The predicted molar refractivity (Wildman–Crippen MR) is 53.8 cm³/mol. The summed E-state index contributed by atoms with van der Waals surface area (Å²) in [5.41, 5.74) is 5.47. The third-order valence-corrected chi connectivity index (χ3v) is 2.81. The Morgan fingerprint density at radius 1 is 1.31 bits per heavy atom. The Bertz CT molecular complexity index is 286. The summed E-state index contributed by atoms with van der Waals surface area (Å²) in [6, 6.07) is 0. The molecule has 1 aromatic rings. The smallest absolute Gasteiger partial charge is 0.230 e. The molecule has 5 nitrogen and oxygen atoms in total. The van der Waals surface area contributed by atoms with Crippen molar-refractivity contribution in [1.29, 1.82) is 0 Å². The number of nitrogens with two attached hydrogens (primary N) is 1. The molecule has 1 aromatic heterocycles. The SMILES string of the molecule is Nc1ncnc(N2CCSCC2)n1. The van der Waals surface area contributed by atoms with Crippen molar-refractivity contribution in [1.82, 2.24) is 15.0 Å². The summed E-state index contributed by atoms with van der Waals surface area (Å²) < 4.78 is 0. The second-order valence-electron chi connectivity index (χ2n) is 2.74. The van der Waals surface area contributed by atoms with Crippen LogP contribution in [0.1, 0.15) is 0 Å². The molecule has 0 bridgehead atoms. The second-order valence-corrected chi connectivity index (χ2v) is 3.97. The highest BCUT2D eigenvalue weighted by Crippen LogP contribution is 2.14. The zero-order chi connectivity index (χ0) is 9.10. The van der Waals surface area contributed by atoms with Gasteiger partial charge in [-0.25, -0.2) is 9.97 Å². The first kappa shape index (κ1) is 8.55. The van der Waals surface area contributed by atoms with E-state index in [1.807, 2.05) is 11.8 Å². The van der Waals surface area contributed by atoms with Gasteiger partial charge in [-0.3, -0.25) is 0 Å². The molecule has 2 N–H and O–H groups in total. The number of thioether (sulfide) groups is 1. The van der Waals surface area contributed by atoms with E-state index in [4.69, 9.17) is 5.73 Å². The van der Waals surface area contributed by atoms with E-state index >= 15 is 0 Å². The third kappa shape index (κ3) is 2.00. The number of anilines is 2. The van der Waals surface area contributed by atoms with Crippen LogP contribution in [0.15, 0.2) is 6.33 Å². The average Bonchev–Trinajstić information content (AvgIpc) is 2.19. The number of hydrogen-bond donors (Lipinski definition) is 1. The minimum Gasteiger partial charge on any atom is -0.368 e. The zero-order valence-electron chi connectivity index (χ0n) is 7.18. The van der Waals surface area contributed by atoms with E-state index in [9.17, 15) is 0 Å². The molecule has 0 radical (unpaired) electrons. The quantitative estimate of drug-likeness (QED) is 0.684. The molecule has 1 saturated heterocycles. The van der Waals surface area contributed by atoms with Gasteiger partial charge in [0.2, 0.25) is 11.9 Å². The van der Waals surface area contributed by atoms with E-state index < -0.39 is 0 Å². The first-order valence-corrected chi connectivity index (χ1v) is 5.29. The monoisotopic (exact) mass is 197 g/mol. The van der Waals surface area contributed by atoms with Crippen molar-refractivity contribution in [3.63, 3.8) is 0 Å². The Labute approximate surface area is 80.8 Å². The van der Waals surface area contributed by atoms with Gasteiger partial charge in [0.1, 0.15) is 6.33 Å². The predicted octanol–water partition coefficient (Wildman–Crippen LogP) is 0.00700. The molecule has 0 atom stereocenters. The molecule has 0 spiro atoms. The van der Waals surface area contributed by atoms with Gasteiger partial charge in [0.05, 0.1) is 0 Å². The van der Waals surface area contributed by atoms with Crippen molar-refractivity contribution in [3.05, 3.63) is 6.33 Å². The van der Waals surface area contributed by atoms with E-state index in [1.54, 1.807) is 0 Å². The number of aromatic nitrogens is 3. The van der Waals surface area contributed by atoms with Gasteiger partial charge >= 0.3 is 0 Å². The topological polar surface area (TPSA) is 67.9 Å². The fourth-order valence-electron chi connectivity index (χ4n) is 1.22. The summed E-state index contributed by atoms with van der Waals surface area (Å²) in [5.74, 6) is 3.26. The number of nitrogens with zero attached hydrogens (tertiary/aromatic N) is 4. The molecular formula is C7H11N5S. The second kappa shape index (κ2) is 3.78. The first-order chi connectivity index (χ1) is 6.36. The van der Waals surface area contributed by atoms with E-state index in [0.717, 1.165) is 24.6 Å². The maximum atomic E-state index is 5.47. The molecule has 6 heteroatoms. The molecule has 0 saturated carbocycles. The van der Waals surface area contributed by atoms with Crippen LogP contribution in [-0.2, 0) is 0 Å². The van der Waals surface area contributed by atoms with Crippen LogP contribution >= 0.6 is 11.8 Å². The molecular weight excluding hydrogens is 186 g/mol. The maximum Gasteiger partial charge on any atom is 0.230 e. The van der Waals surface area contributed by atoms with Gasteiger partial charge in [-0.1, -0.05) is 0 Å². The molecule has 1 fully saturated rings. The fourth-order valence-corrected chi connectivity index (χ4v) is 2.12. The molecule has 70 valence electrons.